The summed E-state index contributed by atoms with van der Waals surface area (Å²) in [6.07, 6.45) is 1.81. The quantitative estimate of drug-likeness (QED) is 0.385. The highest BCUT2D eigenvalue weighted by atomic mass is 15.2. The zero-order valence-corrected chi connectivity index (χ0v) is 5.48. The lowest BCUT2D eigenvalue weighted by atomic mass is 10.1. The fourth-order valence-electron chi connectivity index (χ4n) is 1.55. The van der Waals surface area contributed by atoms with Gasteiger partial charge in [-0.05, 0) is 13.0 Å². The third-order valence-electron chi connectivity index (χ3n) is 2.06. The van der Waals surface area contributed by atoms with E-state index in [-0.39, 0.29) is 0 Å². The van der Waals surface area contributed by atoms with E-state index in [1.54, 1.807) is 0 Å². The van der Waals surface area contributed by atoms with E-state index in [1.165, 1.54) is 13.0 Å². The topological polar surface area (TPSA) is 36.1 Å². The van der Waals surface area contributed by atoms with Crippen LogP contribution < -0.4 is 16.0 Å². The van der Waals surface area contributed by atoms with Gasteiger partial charge in [-0.1, -0.05) is 0 Å². The van der Waals surface area contributed by atoms with Crippen LogP contribution in [0.2, 0.25) is 0 Å². The minimum absolute atomic E-state index is 0.539. The molecule has 2 aliphatic rings. The second-order valence-electron chi connectivity index (χ2n) is 2.82. The number of fused-ring (bicyclic) bond motifs is 2. The Kier molecular flexibility index (Phi) is 1.41. The van der Waals surface area contributed by atoms with Crippen molar-refractivity contribution in [3.63, 3.8) is 0 Å². The average Bonchev–Trinajstić information content (AvgIpc) is 1.88. The second kappa shape index (κ2) is 2.25. The third-order valence-corrected chi connectivity index (χ3v) is 2.06. The predicted octanol–water partition coefficient (Wildman–Crippen LogP) is -1.13. The number of hydrogen-bond acceptors (Lipinski definition) is 3. The molecular formula is C6H13N3. The lowest BCUT2D eigenvalue weighted by Crippen LogP contribution is -2.64. The van der Waals surface area contributed by atoms with E-state index in [4.69, 9.17) is 0 Å². The van der Waals surface area contributed by atoms with Crippen LogP contribution in [0.25, 0.3) is 0 Å². The molecule has 2 rings (SSSR count). The summed E-state index contributed by atoms with van der Waals surface area (Å²) in [4.78, 5) is 0. The number of nitrogens with one attached hydrogen (secondary N) is 3. The molecule has 0 unspecified atom stereocenters. The van der Waals surface area contributed by atoms with Crippen molar-refractivity contribution in [1.82, 2.24) is 16.0 Å². The van der Waals surface area contributed by atoms with Crippen molar-refractivity contribution in [3.8, 4) is 0 Å². The maximum absolute atomic E-state index is 3.48. The van der Waals surface area contributed by atoms with Gasteiger partial charge < -0.3 is 10.6 Å². The fourth-order valence-corrected chi connectivity index (χ4v) is 1.55. The lowest BCUT2D eigenvalue weighted by molar-refractivity contribution is 0.242. The Bertz CT molecular complexity index is 84.5. The van der Waals surface area contributed by atoms with Gasteiger partial charge >= 0.3 is 0 Å². The molecule has 2 heterocycles. The van der Waals surface area contributed by atoms with Crippen LogP contribution in [0.4, 0.5) is 0 Å². The monoisotopic (exact) mass is 127 g/mol. The second-order valence-corrected chi connectivity index (χ2v) is 2.82. The van der Waals surface area contributed by atoms with Crippen LogP contribution in [-0.4, -0.2) is 31.8 Å². The fraction of sp³-hybridized carbons (Fsp3) is 1.00. The highest BCUT2D eigenvalue weighted by Crippen LogP contribution is 2.01. The molecule has 2 aliphatic heterocycles. The molecule has 0 spiro atoms. The molecule has 0 aromatic carbocycles. The Morgan fingerprint density at radius 3 is 3.00 bits per heavy atom. The Labute approximate surface area is 55.2 Å². The summed E-state index contributed by atoms with van der Waals surface area (Å²) >= 11 is 0. The van der Waals surface area contributed by atoms with Crippen LogP contribution in [0.1, 0.15) is 6.42 Å². The first-order valence-electron chi connectivity index (χ1n) is 3.65. The molecule has 0 aliphatic carbocycles. The van der Waals surface area contributed by atoms with Crippen molar-refractivity contribution >= 4 is 0 Å². The zero-order chi connectivity index (χ0) is 6.10. The molecule has 52 valence electrons. The van der Waals surface area contributed by atoms with Crippen molar-refractivity contribution in [1.29, 1.82) is 0 Å². The molecule has 2 saturated heterocycles. The number of piperazine rings is 1. The van der Waals surface area contributed by atoms with E-state index in [2.05, 4.69) is 16.0 Å². The maximum atomic E-state index is 3.48. The summed E-state index contributed by atoms with van der Waals surface area (Å²) in [5, 5.41) is 10.2. The molecule has 2 fully saturated rings. The molecule has 0 aromatic rings. The van der Waals surface area contributed by atoms with Crippen LogP contribution in [0.15, 0.2) is 0 Å². The van der Waals surface area contributed by atoms with Crippen molar-refractivity contribution in [2.24, 2.45) is 0 Å². The third kappa shape index (κ3) is 1.08. The highest BCUT2D eigenvalue weighted by Gasteiger charge is 2.23. The van der Waals surface area contributed by atoms with Crippen molar-refractivity contribution in [2.75, 3.05) is 19.6 Å². The Balaban J connectivity index is 1.96. The van der Waals surface area contributed by atoms with E-state index in [9.17, 15) is 0 Å². The molecular weight excluding hydrogens is 114 g/mol. The predicted molar refractivity (Wildman–Crippen MR) is 36.2 cm³/mol. The van der Waals surface area contributed by atoms with Gasteiger partial charge in [0.05, 0.1) is 6.17 Å². The normalized spacial score (nSPS) is 42.7. The van der Waals surface area contributed by atoms with E-state index in [0.29, 0.717) is 6.17 Å². The van der Waals surface area contributed by atoms with Gasteiger partial charge in [-0.2, -0.15) is 0 Å². The molecule has 3 N–H and O–H groups in total. The van der Waals surface area contributed by atoms with E-state index in [0.717, 1.165) is 19.1 Å². The van der Waals surface area contributed by atoms with Crippen molar-refractivity contribution in [3.05, 3.63) is 0 Å². The first-order valence-corrected chi connectivity index (χ1v) is 3.65. The highest BCUT2D eigenvalue weighted by molar-refractivity contribution is 4.86. The summed E-state index contributed by atoms with van der Waals surface area (Å²) < 4.78 is 0. The minimum Gasteiger partial charge on any atom is -0.312 e. The maximum Gasteiger partial charge on any atom is 0.0703 e. The summed E-state index contributed by atoms with van der Waals surface area (Å²) in [5.41, 5.74) is 0. The summed E-state index contributed by atoms with van der Waals surface area (Å²) in [6, 6.07) is 0.727. The number of hydrogen-bond donors (Lipinski definition) is 3. The summed E-state index contributed by atoms with van der Waals surface area (Å²) in [5.74, 6) is 0. The van der Waals surface area contributed by atoms with E-state index >= 15 is 0 Å². The SMILES string of the molecule is C1C[C@H]2CNC[C@@H](N1)N2. The van der Waals surface area contributed by atoms with Crippen LogP contribution in [0.5, 0.6) is 0 Å². The summed E-state index contributed by atoms with van der Waals surface area (Å²) in [6.45, 7) is 3.42. The lowest BCUT2D eigenvalue weighted by Gasteiger charge is -2.37. The molecule has 2 bridgehead atoms. The summed E-state index contributed by atoms with van der Waals surface area (Å²) in [7, 11) is 0. The van der Waals surface area contributed by atoms with Gasteiger partial charge in [0.15, 0.2) is 0 Å². The molecule has 0 saturated carbocycles. The standard InChI is InChI=1S/C6H13N3/c1-2-8-6-4-7-3-5(1)9-6/h5-9H,1-4H2/t5-,6-/m0/s1. The van der Waals surface area contributed by atoms with Crippen molar-refractivity contribution < 1.29 is 0 Å². The molecule has 2 atom stereocenters. The van der Waals surface area contributed by atoms with Crippen molar-refractivity contribution in [2.45, 2.75) is 18.6 Å². The van der Waals surface area contributed by atoms with E-state index < -0.39 is 0 Å². The van der Waals surface area contributed by atoms with Gasteiger partial charge in [-0.25, -0.2) is 0 Å². The Morgan fingerprint density at radius 1 is 1.22 bits per heavy atom. The Morgan fingerprint density at radius 2 is 2.22 bits per heavy atom. The van der Waals surface area contributed by atoms with Gasteiger partial charge in [-0.15, -0.1) is 0 Å². The molecule has 3 heteroatoms. The number of rotatable bonds is 0. The van der Waals surface area contributed by atoms with Gasteiger partial charge in [0.2, 0.25) is 0 Å². The zero-order valence-electron chi connectivity index (χ0n) is 5.48. The average molecular weight is 127 g/mol. The Hall–Kier alpha value is -0.120. The first kappa shape index (κ1) is 5.65. The van der Waals surface area contributed by atoms with Gasteiger partial charge in [0, 0.05) is 19.1 Å². The van der Waals surface area contributed by atoms with Gasteiger partial charge in [0.1, 0.15) is 0 Å². The van der Waals surface area contributed by atoms with Crippen LogP contribution >= 0.6 is 0 Å². The van der Waals surface area contributed by atoms with Gasteiger partial charge in [0.25, 0.3) is 0 Å². The minimum atomic E-state index is 0.539. The molecule has 0 radical (unpaired) electrons. The molecule has 0 amide bonds. The van der Waals surface area contributed by atoms with Crippen LogP contribution in [0.3, 0.4) is 0 Å². The molecule has 9 heavy (non-hydrogen) atoms. The van der Waals surface area contributed by atoms with E-state index in [1.807, 2.05) is 0 Å². The molecule has 3 nitrogen and oxygen atoms in total. The molecule has 0 aromatic heterocycles. The largest absolute Gasteiger partial charge is 0.312 e. The van der Waals surface area contributed by atoms with Crippen LogP contribution in [0, 0.1) is 0 Å². The van der Waals surface area contributed by atoms with Crippen LogP contribution in [-0.2, 0) is 0 Å². The van der Waals surface area contributed by atoms with Gasteiger partial charge in [-0.3, -0.25) is 5.32 Å². The first-order chi connectivity index (χ1) is 4.45. The smallest absolute Gasteiger partial charge is 0.0703 e.